The molecular formula is C14H17N3S. The molecule has 1 aromatic carbocycles. The minimum atomic E-state index is 0.117. The predicted molar refractivity (Wildman–Crippen MR) is 78.6 cm³/mol. The summed E-state index contributed by atoms with van der Waals surface area (Å²) >= 11 is 1.70. The highest BCUT2D eigenvalue weighted by atomic mass is 32.1. The lowest BCUT2D eigenvalue weighted by Gasteiger charge is -2.22. The molecule has 0 spiro atoms. The molecule has 0 aliphatic heterocycles. The summed E-state index contributed by atoms with van der Waals surface area (Å²) in [7, 11) is 2.02. The van der Waals surface area contributed by atoms with E-state index in [1.807, 2.05) is 32.2 Å². The van der Waals surface area contributed by atoms with E-state index in [4.69, 9.17) is 11.1 Å². The van der Waals surface area contributed by atoms with Gasteiger partial charge in [-0.25, -0.2) is 0 Å². The molecule has 0 atom stereocenters. The van der Waals surface area contributed by atoms with Crippen molar-refractivity contribution >= 4 is 22.9 Å². The van der Waals surface area contributed by atoms with Crippen molar-refractivity contribution in [3.05, 3.63) is 51.7 Å². The molecule has 0 amide bonds. The maximum Gasteiger partial charge on any atom is 0.124 e. The molecule has 0 bridgehead atoms. The van der Waals surface area contributed by atoms with E-state index in [1.54, 1.807) is 11.3 Å². The molecule has 0 fully saturated rings. The first-order valence-electron chi connectivity index (χ1n) is 5.75. The molecule has 0 unspecified atom stereocenters. The quantitative estimate of drug-likeness (QED) is 0.655. The third-order valence-corrected chi connectivity index (χ3v) is 3.59. The molecule has 2 rings (SSSR count). The Labute approximate surface area is 111 Å². The average molecular weight is 259 g/mol. The van der Waals surface area contributed by atoms with E-state index in [1.165, 1.54) is 5.56 Å². The summed E-state index contributed by atoms with van der Waals surface area (Å²) in [5, 5.41) is 11.9. The highest BCUT2D eigenvalue weighted by molar-refractivity contribution is 7.07. The van der Waals surface area contributed by atoms with Crippen LogP contribution in [0.5, 0.6) is 0 Å². The minimum absolute atomic E-state index is 0.117. The summed E-state index contributed by atoms with van der Waals surface area (Å²) in [6.45, 7) is 2.84. The van der Waals surface area contributed by atoms with Gasteiger partial charge >= 0.3 is 0 Å². The van der Waals surface area contributed by atoms with Gasteiger partial charge in [-0.1, -0.05) is 11.6 Å². The van der Waals surface area contributed by atoms with Crippen LogP contribution in [-0.2, 0) is 6.54 Å². The largest absolute Gasteiger partial charge is 0.384 e. The van der Waals surface area contributed by atoms with Crippen molar-refractivity contribution < 1.29 is 0 Å². The van der Waals surface area contributed by atoms with E-state index in [2.05, 4.69) is 21.7 Å². The van der Waals surface area contributed by atoms with Gasteiger partial charge in [0, 0.05) is 24.8 Å². The van der Waals surface area contributed by atoms with Crippen molar-refractivity contribution in [2.75, 3.05) is 11.9 Å². The van der Waals surface area contributed by atoms with Crippen molar-refractivity contribution in [3.8, 4) is 0 Å². The molecule has 0 radical (unpaired) electrons. The number of hydrogen-bond acceptors (Lipinski definition) is 3. The first-order valence-corrected chi connectivity index (χ1v) is 6.69. The molecule has 3 nitrogen and oxygen atoms in total. The molecule has 0 saturated heterocycles. The summed E-state index contributed by atoms with van der Waals surface area (Å²) in [5.74, 6) is 0.117. The van der Waals surface area contributed by atoms with Crippen LogP contribution in [0.3, 0.4) is 0 Å². The number of nitrogen functional groups attached to an aromatic ring is 1. The van der Waals surface area contributed by atoms with E-state index >= 15 is 0 Å². The van der Waals surface area contributed by atoms with Gasteiger partial charge < -0.3 is 10.6 Å². The zero-order valence-electron chi connectivity index (χ0n) is 10.6. The number of nitrogens with zero attached hydrogens (tertiary/aromatic N) is 1. The average Bonchev–Trinajstić information content (AvgIpc) is 2.81. The normalized spacial score (nSPS) is 10.3. The van der Waals surface area contributed by atoms with Crippen LogP contribution in [0.25, 0.3) is 0 Å². The second-order valence-corrected chi connectivity index (χ2v) is 5.20. The van der Waals surface area contributed by atoms with Crippen LogP contribution in [0.1, 0.15) is 16.7 Å². The zero-order valence-corrected chi connectivity index (χ0v) is 11.4. The van der Waals surface area contributed by atoms with Gasteiger partial charge in [0.05, 0.1) is 0 Å². The maximum absolute atomic E-state index is 7.67. The van der Waals surface area contributed by atoms with Gasteiger partial charge in [0.1, 0.15) is 5.84 Å². The van der Waals surface area contributed by atoms with Gasteiger partial charge in [-0.3, -0.25) is 5.41 Å². The summed E-state index contributed by atoms with van der Waals surface area (Å²) < 4.78 is 0. The second kappa shape index (κ2) is 5.23. The Bertz CT molecular complexity index is 546. The van der Waals surface area contributed by atoms with Gasteiger partial charge in [0.2, 0.25) is 0 Å². The van der Waals surface area contributed by atoms with Crippen LogP contribution in [0.2, 0.25) is 0 Å². The molecule has 3 N–H and O–H groups in total. The number of thiophene rings is 1. The number of hydrogen-bond donors (Lipinski definition) is 2. The Balaban J connectivity index is 2.29. The molecule has 94 valence electrons. The lowest BCUT2D eigenvalue weighted by molar-refractivity contribution is 0.925. The van der Waals surface area contributed by atoms with E-state index in [0.717, 1.165) is 23.4 Å². The lowest BCUT2D eigenvalue weighted by Crippen LogP contribution is -2.22. The van der Waals surface area contributed by atoms with E-state index in [-0.39, 0.29) is 5.84 Å². The molecule has 0 saturated carbocycles. The van der Waals surface area contributed by atoms with E-state index in [9.17, 15) is 0 Å². The standard InChI is InChI=1S/C14H17N3S/c1-10-3-4-13(12(7-10)14(15)16)17(2)8-11-5-6-18-9-11/h3-7,9H,8H2,1-2H3,(H3,15,16). The smallest absolute Gasteiger partial charge is 0.124 e. The fraction of sp³-hybridized carbons (Fsp3) is 0.214. The number of anilines is 1. The Hall–Kier alpha value is -1.81. The summed E-state index contributed by atoms with van der Waals surface area (Å²) in [6, 6.07) is 8.15. The van der Waals surface area contributed by atoms with Crippen molar-refractivity contribution in [3.63, 3.8) is 0 Å². The first kappa shape index (κ1) is 12.6. The van der Waals surface area contributed by atoms with Crippen LogP contribution in [0.4, 0.5) is 5.69 Å². The number of nitrogens with one attached hydrogen (secondary N) is 1. The van der Waals surface area contributed by atoms with Gasteiger partial charge in [-0.15, -0.1) is 0 Å². The van der Waals surface area contributed by atoms with Crippen molar-refractivity contribution in [1.29, 1.82) is 5.41 Å². The van der Waals surface area contributed by atoms with Crippen LogP contribution in [0.15, 0.2) is 35.0 Å². The summed E-state index contributed by atoms with van der Waals surface area (Å²) in [4.78, 5) is 2.12. The van der Waals surface area contributed by atoms with Gasteiger partial charge in [0.15, 0.2) is 0 Å². The highest BCUT2D eigenvalue weighted by Gasteiger charge is 2.10. The Morgan fingerprint density at radius 3 is 2.78 bits per heavy atom. The minimum Gasteiger partial charge on any atom is -0.384 e. The molecule has 4 heteroatoms. The third-order valence-electron chi connectivity index (χ3n) is 2.85. The number of nitrogens with two attached hydrogens (primary N) is 1. The Morgan fingerprint density at radius 1 is 1.39 bits per heavy atom. The Morgan fingerprint density at radius 2 is 2.17 bits per heavy atom. The molecule has 1 aromatic heterocycles. The molecule has 1 heterocycles. The SMILES string of the molecule is Cc1ccc(N(C)Cc2ccsc2)c(C(=N)N)c1. The lowest BCUT2D eigenvalue weighted by atomic mass is 10.1. The molecule has 2 aromatic rings. The summed E-state index contributed by atoms with van der Waals surface area (Å²) in [6.07, 6.45) is 0. The fourth-order valence-corrected chi connectivity index (χ4v) is 2.60. The van der Waals surface area contributed by atoms with Gasteiger partial charge in [-0.05, 0) is 41.4 Å². The fourth-order valence-electron chi connectivity index (χ4n) is 1.94. The first-order chi connectivity index (χ1) is 8.58. The van der Waals surface area contributed by atoms with E-state index < -0.39 is 0 Å². The third kappa shape index (κ3) is 2.71. The van der Waals surface area contributed by atoms with Crippen LogP contribution < -0.4 is 10.6 Å². The van der Waals surface area contributed by atoms with E-state index in [0.29, 0.717) is 0 Å². The number of benzene rings is 1. The van der Waals surface area contributed by atoms with Gasteiger partial charge in [-0.2, -0.15) is 11.3 Å². The van der Waals surface area contributed by atoms with Crippen molar-refractivity contribution in [2.24, 2.45) is 5.73 Å². The highest BCUT2D eigenvalue weighted by Crippen LogP contribution is 2.22. The van der Waals surface area contributed by atoms with Crippen LogP contribution in [-0.4, -0.2) is 12.9 Å². The summed E-state index contributed by atoms with van der Waals surface area (Å²) in [5.41, 5.74) is 9.85. The number of amidine groups is 1. The molecule has 18 heavy (non-hydrogen) atoms. The molecule has 0 aliphatic carbocycles. The monoisotopic (exact) mass is 259 g/mol. The second-order valence-electron chi connectivity index (χ2n) is 4.42. The Kier molecular flexibility index (Phi) is 3.67. The maximum atomic E-state index is 7.67. The zero-order chi connectivity index (χ0) is 13.1. The van der Waals surface area contributed by atoms with Crippen molar-refractivity contribution in [1.82, 2.24) is 0 Å². The predicted octanol–water partition coefficient (Wildman–Crippen LogP) is 2.98. The van der Waals surface area contributed by atoms with Gasteiger partial charge in [0.25, 0.3) is 0 Å². The molecule has 0 aliphatic rings. The topological polar surface area (TPSA) is 53.1 Å². The molecular weight excluding hydrogens is 242 g/mol. The van der Waals surface area contributed by atoms with Crippen LogP contribution in [0, 0.1) is 12.3 Å². The number of aryl methyl sites for hydroxylation is 1. The number of rotatable bonds is 4. The van der Waals surface area contributed by atoms with Crippen LogP contribution >= 0.6 is 11.3 Å². The van der Waals surface area contributed by atoms with Crippen molar-refractivity contribution in [2.45, 2.75) is 13.5 Å².